The fourth-order valence-electron chi connectivity index (χ4n) is 3.01. The first-order valence-electron chi connectivity index (χ1n) is 8.42. The van der Waals surface area contributed by atoms with Crippen LogP contribution >= 0.6 is 0 Å². The van der Waals surface area contributed by atoms with Gasteiger partial charge in [-0.25, -0.2) is 13.8 Å². The number of hydrogen-bond donors (Lipinski definition) is 1. The Morgan fingerprint density at radius 3 is 2.54 bits per heavy atom. The van der Waals surface area contributed by atoms with E-state index >= 15 is 0 Å². The standard InChI is InChI=1S/C19H20F2N4O/c1-19(2,3)18-23-16-4-5-25(10-13(16)17(26)24-18)9-12-14(20)6-11(8-22)7-15(12)21/h6-7H,4-5,9-10H2,1-3H3,(H,23,24,26). The normalized spacial score (nSPS) is 14.8. The Labute approximate surface area is 150 Å². The highest BCUT2D eigenvalue weighted by atomic mass is 19.1. The van der Waals surface area contributed by atoms with Crippen molar-refractivity contribution in [3.63, 3.8) is 0 Å². The third kappa shape index (κ3) is 3.51. The number of hydrogen-bond acceptors (Lipinski definition) is 4. The van der Waals surface area contributed by atoms with E-state index in [0.29, 0.717) is 24.4 Å². The molecule has 0 spiro atoms. The number of fused-ring (bicyclic) bond motifs is 1. The van der Waals surface area contributed by atoms with Crippen LogP contribution in [0, 0.1) is 23.0 Å². The van der Waals surface area contributed by atoms with Crippen LogP contribution in [-0.4, -0.2) is 21.4 Å². The maximum Gasteiger partial charge on any atom is 0.255 e. The second kappa shape index (κ2) is 6.61. The highest BCUT2D eigenvalue weighted by Gasteiger charge is 2.26. The minimum atomic E-state index is -0.748. The van der Waals surface area contributed by atoms with Crippen LogP contribution in [-0.2, 0) is 24.9 Å². The summed E-state index contributed by atoms with van der Waals surface area (Å²) >= 11 is 0. The van der Waals surface area contributed by atoms with Gasteiger partial charge in [0.25, 0.3) is 5.56 Å². The van der Waals surface area contributed by atoms with E-state index in [2.05, 4.69) is 9.97 Å². The SMILES string of the molecule is CC(C)(C)c1nc2c(c(=O)[nH]1)CN(Cc1c(F)cc(C#N)cc1F)CC2. The zero-order chi connectivity index (χ0) is 19.1. The molecule has 0 saturated carbocycles. The summed E-state index contributed by atoms with van der Waals surface area (Å²) in [5.74, 6) is -0.858. The van der Waals surface area contributed by atoms with Crippen molar-refractivity contribution < 1.29 is 8.78 Å². The van der Waals surface area contributed by atoms with E-state index in [1.165, 1.54) is 0 Å². The van der Waals surface area contributed by atoms with Crippen molar-refractivity contribution in [1.82, 2.24) is 14.9 Å². The number of nitrogens with zero attached hydrogens (tertiary/aromatic N) is 3. The summed E-state index contributed by atoms with van der Waals surface area (Å²) in [6, 6.07) is 3.79. The van der Waals surface area contributed by atoms with Crippen LogP contribution in [0.5, 0.6) is 0 Å². The van der Waals surface area contributed by atoms with Gasteiger partial charge in [0.05, 0.1) is 22.9 Å². The molecule has 2 heterocycles. The van der Waals surface area contributed by atoms with Crippen molar-refractivity contribution in [1.29, 1.82) is 5.26 Å². The summed E-state index contributed by atoms with van der Waals surface area (Å²) in [5.41, 5.74) is 0.672. The third-order valence-electron chi connectivity index (χ3n) is 4.51. The molecule has 3 rings (SSSR count). The predicted molar refractivity (Wildman–Crippen MR) is 92.4 cm³/mol. The van der Waals surface area contributed by atoms with E-state index in [-0.39, 0.29) is 35.2 Å². The Balaban J connectivity index is 1.86. The van der Waals surface area contributed by atoms with Gasteiger partial charge in [0.2, 0.25) is 0 Å². The molecule has 5 nitrogen and oxygen atoms in total. The van der Waals surface area contributed by atoms with Gasteiger partial charge in [-0.2, -0.15) is 5.26 Å². The summed E-state index contributed by atoms with van der Waals surface area (Å²) in [6.45, 7) is 6.78. The third-order valence-corrected chi connectivity index (χ3v) is 4.51. The zero-order valence-electron chi connectivity index (χ0n) is 15.0. The van der Waals surface area contributed by atoms with Gasteiger partial charge in [0.1, 0.15) is 17.5 Å². The second-order valence-corrected chi connectivity index (χ2v) is 7.58. The van der Waals surface area contributed by atoms with Gasteiger partial charge >= 0.3 is 0 Å². The number of benzene rings is 1. The van der Waals surface area contributed by atoms with Gasteiger partial charge < -0.3 is 4.98 Å². The van der Waals surface area contributed by atoms with Crippen molar-refractivity contribution >= 4 is 0 Å². The van der Waals surface area contributed by atoms with E-state index in [1.807, 2.05) is 25.7 Å². The monoisotopic (exact) mass is 358 g/mol. The molecule has 0 atom stereocenters. The van der Waals surface area contributed by atoms with Crippen LogP contribution in [0.4, 0.5) is 8.78 Å². The summed E-state index contributed by atoms with van der Waals surface area (Å²) in [4.78, 5) is 21.6. The zero-order valence-corrected chi connectivity index (χ0v) is 15.0. The van der Waals surface area contributed by atoms with Crippen molar-refractivity contribution in [3.8, 4) is 6.07 Å². The van der Waals surface area contributed by atoms with E-state index < -0.39 is 11.6 Å². The van der Waals surface area contributed by atoms with Crippen LogP contribution < -0.4 is 5.56 Å². The Bertz CT molecular complexity index is 930. The van der Waals surface area contributed by atoms with Gasteiger partial charge in [-0.1, -0.05) is 20.8 Å². The molecule has 0 unspecified atom stereocenters. The summed E-state index contributed by atoms with van der Waals surface area (Å²) in [5, 5.41) is 8.78. The van der Waals surface area contributed by atoms with Crippen LogP contribution in [0.15, 0.2) is 16.9 Å². The first kappa shape index (κ1) is 18.2. The lowest BCUT2D eigenvalue weighted by Gasteiger charge is -2.29. The molecule has 26 heavy (non-hydrogen) atoms. The van der Waals surface area contributed by atoms with Crippen molar-refractivity contribution in [2.24, 2.45) is 0 Å². The van der Waals surface area contributed by atoms with Gasteiger partial charge in [-0.15, -0.1) is 0 Å². The Kier molecular flexibility index (Phi) is 4.63. The molecule has 0 aliphatic carbocycles. The molecule has 0 fully saturated rings. The van der Waals surface area contributed by atoms with E-state index in [9.17, 15) is 13.6 Å². The average molecular weight is 358 g/mol. The Morgan fingerprint density at radius 2 is 1.96 bits per heavy atom. The molecule has 0 bridgehead atoms. The first-order valence-corrected chi connectivity index (χ1v) is 8.42. The van der Waals surface area contributed by atoms with E-state index in [1.54, 1.807) is 6.07 Å². The fourth-order valence-corrected chi connectivity index (χ4v) is 3.01. The van der Waals surface area contributed by atoms with Crippen LogP contribution in [0.3, 0.4) is 0 Å². The lowest BCUT2D eigenvalue weighted by Crippen LogP contribution is -2.37. The number of nitriles is 1. The minimum absolute atomic E-state index is 0.0310. The molecule has 1 aromatic carbocycles. The van der Waals surface area contributed by atoms with Gasteiger partial charge in [-0.3, -0.25) is 9.69 Å². The quantitative estimate of drug-likeness (QED) is 0.896. The second-order valence-electron chi connectivity index (χ2n) is 7.58. The highest BCUT2D eigenvalue weighted by Crippen LogP contribution is 2.23. The Morgan fingerprint density at radius 1 is 1.31 bits per heavy atom. The van der Waals surface area contributed by atoms with Gasteiger partial charge in [-0.05, 0) is 12.1 Å². The summed E-state index contributed by atoms with van der Waals surface area (Å²) < 4.78 is 28.2. The lowest BCUT2D eigenvalue weighted by molar-refractivity contribution is 0.234. The highest BCUT2D eigenvalue weighted by molar-refractivity contribution is 5.34. The first-order chi connectivity index (χ1) is 12.2. The van der Waals surface area contributed by atoms with Crippen molar-refractivity contribution in [2.75, 3.05) is 6.54 Å². The number of aromatic amines is 1. The van der Waals surface area contributed by atoms with E-state index in [4.69, 9.17) is 5.26 Å². The van der Waals surface area contributed by atoms with E-state index in [0.717, 1.165) is 17.8 Å². The predicted octanol–water partition coefficient (Wildman–Crippen LogP) is 2.78. The summed E-state index contributed by atoms with van der Waals surface area (Å²) in [6.07, 6.45) is 0.544. The maximum atomic E-state index is 14.1. The van der Waals surface area contributed by atoms with Crippen molar-refractivity contribution in [2.45, 2.75) is 45.7 Å². The molecule has 2 aromatic rings. The molecular weight excluding hydrogens is 338 g/mol. The minimum Gasteiger partial charge on any atom is -0.310 e. The molecule has 0 amide bonds. The topological polar surface area (TPSA) is 72.8 Å². The van der Waals surface area contributed by atoms with Crippen LogP contribution in [0.2, 0.25) is 0 Å². The number of aromatic nitrogens is 2. The van der Waals surface area contributed by atoms with Crippen LogP contribution in [0.25, 0.3) is 0 Å². The Hall–Kier alpha value is -2.59. The molecule has 0 radical (unpaired) electrons. The van der Waals surface area contributed by atoms with Crippen molar-refractivity contribution in [3.05, 3.63) is 62.3 Å². The number of nitrogens with one attached hydrogen (secondary N) is 1. The molecule has 1 N–H and O–H groups in total. The molecular formula is C19H20F2N4O. The average Bonchev–Trinajstić information content (AvgIpc) is 2.57. The summed E-state index contributed by atoms with van der Waals surface area (Å²) in [7, 11) is 0. The molecule has 7 heteroatoms. The molecule has 1 aromatic heterocycles. The maximum absolute atomic E-state index is 14.1. The largest absolute Gasteiger partial charge is 0.310 e. The molecule has 1 aliphatic heterocycles. The molecule has 1 aliphatic rings. The number of halogens is 2. The van der Waals surface area contributed by atoms with Gasteiger partial charge in [0.15, 0.2) is 0 Å². The van der Waals surface area contributed by atoms with Crippen LogP contribution in [0.1, 0.15) is 49.0 Å². The molecule has 0 saturated heterocycles. The fraction of sp³-hybridized carbons (Fsp3) is 0.421. The number of rotatable bonds is 2. The smallest absolute Gasteiger partial charge is 0.255 e. The van der Waals surface area contributed by atoms with Gasteiger partial charge in [0, 0.05) is 37.0 Å². The number of H-pyrrole nitrogens is 1. The lowest BCUT2D eigenvalue weighted by atomic mass is 9.95. The molecule has 136 valence electrons.